The number of hydrogen-bond acceptors (Lipinski definition) is 3. The number of nitrogens with zero attached hydrogens (tertiary/aromatic N) is 2. The molecule has 3 nitrogen and oxygen atoms in total. The Morgan fingerprint density at radius 2 is 2.06 bits per heavy atom. The fourth-order valence-electron chi connectivity index (χ4n) is 2.80. The number of nitrogens with one attached hydrogen (secondary N) is 1. The molecular weight excluding hydrogens is 222 g/mol. The summed E-state index contributed by atoms with van der Waals surface area (Å²) in [7, 11) is 0. The van der Waals surface area contributed by atoms with E-state index in [-0.39, 0.29) is 0 Å². The third kappa shape index (κ3) is 2.30. The first-order valence-corrected chi connectivity index (χ1v) is 6.78. The van der Waals surface area contributed by atoms with Gasteiger partial charge in [-0.3, -0.25) is 4.98 Å². The van der Waals surface area contributed by atoms with Gasteiger partial charge in [0.25, 0.3) is 0 Å². The molecule has 0 radical (unpaired) electrons. The summed E-state index contributed by atoms with van der Waals surface area (Å²) < 4.78 is 0. The van der Waals surface area contributed by atoms with E-state index in [0.717, 1.165) is 35.2 Å². The van der Waals surface area contributed by atoms with Gasteiger partial charge in [-0.25, -0.2) is 4.98 Å². The van der Waals surface area contributed by atoms with Crippen LogP contribution in [0.5, 0.6) is 0 Å². The second kappa shape index (κ2) is 4.92. The van der Waals surface area contributed by atoms with Crippen molar-refractivity contribution in [1.29, 1.82) is 0 Å². The summed E-state index contributed by atoms with van der Waals surface area (Å²) >= 11 is 0. The Balaban J connectivity index is 1.71. The van der Waals surface area contributed by atoms with Crippen molar-refractivity contribution < 1.29 is 0 Å². The molecule has 0 saturated heterocycles. The van der Waals surface area contributed by atoms with Crippen LogP contribution in [-0.4, -0.2) is 16.5 Å². The highest BCUT2D eigenvalue weighted by atomic mass is 15.0. The van der Waals surface area contributed by atoms with Gasteiger partial charge in [0.05, 0.1) is 17.2 Å². The molecule has 94 valence electrons. The van der Waals surface area contributed by atoms with E-state index in [1.807, 2.05) is 30.5 Å². The van der Waals surface area contributed by atoms with Crippen molar-refractivity contribution >= 4 is 16.9 Å². The first-order chi connectivity index (χ1) is 8.83. The molecule has 0 spiro atoms. The summed E-state index contributed by atoms with van der Waals surface area (Å²) in [6.07, 6.45) is 5.92. The summed E-state index contributed by atoms with van der Waals surface area (Å²) in [6.45, 7) is 3.37. The predicted molar refractivity (Wildman–Crippen MR) is 74.5 cm³/mol. The zero-order valence-corrected chi connectivity index (χ0v) is 10.8. The van der Waals surface area contributed by atoms with E-state index in [1.54, 1.807) is 0 Å². The average Bonchev–Trinajstić information content (AvgIpc) is 2.82. The molecule has 0 aliphatic heterocycles. The first-order valence-electron chi connectivity index (χ1n) is 6.78. The number of fused-ring (bicyclic) bond motifs is 1. The normalized spacial score (nSPS) is 23.4. The molecule has 1 aromatic carbocycles. The van der Waals surface area contributed by atoms with Gasteiger partial charge in [-0.05, 0) is 30.4 Å². The Bertz CT molecular complexity index is 538. The summed E-state index contributed by atoms with van der Waals surface area (Å²) in [5, 5.41) is 3.44. The Morgan fingerprint density at radius 1 is 1.22 bits per heavy atom. The molecule has 2 atom stereocenters. The second-order valence-corrected chi connectivity index (χ2v) is 5.29. The Morgan fingerprint density at radius 3 is 2.83 bits per heavy atom. The van der Waals surface area contributed by atoms with Crippen LogP contribution < -0.4 is 5.32 Å². The molecule has 1 fully saturated rings. The Labute approximate surface area is 108 Å². The maximum Gasteiger partial charge on any atom is 0.145 e. The highest BCUT2D eigenvalue weighted by molar-refractivity contribution is 5.75. The number of benzene rings is 1. The van der Waals surface area contributed by atoms with Gasteiger partial charge in [0, 0.05) is 6.54 Å². The molecule has 1 aromatic heterocycles. The van der Waals surface area contributed by atoms with Crippen LogP contribution in [0.15, 0.2) is 30.5 Å². The lowest BCUT2D eigenvalue weighted by Gasteiger charge is -2.16. The zero-order valence-electron chi connectivity index (χ0n) is 10.8. The minimum Gasteiger partial charge on any atom is -0.368 e. The van der Waals surface area contributed by atoms with Gasteiger partial charge in [0.2, 0.25) is 0 Å². The van der Waals surface area contributed by atoms with Crippen LogP contribution >= 0.6 is 0 Å². The van der Waals surface area contributed by atoms with Crippen LogP contribution in [-0.2, 0) is 0 Å². The maximum absolute atomic E-state index is 4.59. The van der Waals surface area contributed by atoms with Crippen LogP contribution in [0, 0.1) is 11.8 Å². The van der Waals surface area contributed by atoms with Crippen molar-refractivity contribution in [2.24, 2.45) is 11.8 Å². The average molecular weight is 241 g/mol. The van der Waals surface area contributed by atoms with E-state index in [4.69, 9.17) is 0 Å². The third-order valence-electron chi connectivity index (χ3n) is 4.03. The fourth-order valence-corrected chi connectivity index (χ4v) is 2.80. The predicted octanol–water partition coefficient (Wildman–Crippen LogP) is 3.48. The molecule has 3 heteroatoms. The van der Waals surface area contributed by atoms with Gasteiger partial charge in [-0.2, -0.15) is 0 Å². The molecule has 1 aliphatic carbocycles. The van der Waals surface area contributed by atoms with Gasteiger partial charge in [-0.15, -0.1) is 0 Å². The SMILES string of the molecule is CC1CCCC1CNc1cnc2ccccc2n1. The summed E-state index contributed by atoms with van der Waals surface area (Å²) in [5.74, 6) is 2.52. The van der Waals surface area contributed by atoms with Crippen molar-refractivity contribution in [1.82, 2.24) is 9.97 Å². The van der Waals surface area contributed by atoms with Crippen LogP contribution in [0.25, 0.3) is 11.0 Å². The van der Waals surface area contributed by atoms with E-state index in [2.05, 4.69) is 22.2 Å². The fraction of sp³-hybridized carbons (Fsp3) is 0.467. The summed E-state index contributed by atoms with van der Waals surface area (Å²) in [4.78, 5) is 9.01. The van der Waals surface area contributed by atoms with Gasteiger partial charge in [0.15, 0.2) is 0 Å². The first kappa shape index (κ1) is 11.5. The highest BCUT2D eigenvalue weighted by Crippen LogP contribution is 2.31. The van der Waals surface area contributed by atoms with E-state index in [9.17, 15) is 0 Å². The number of rotatable bonds is 3. The van der Waals surface area contributed by atoms with E-state index < -0.39 is 0 Å². The van der Waals surface area contributed by atoms with Crippen molar-refractivity contribution in [3.63, 3.8) is 0 Å². The molecule has 1 saturated carbocycles. The Kier molecular flexibility index (Phi) is 3.13. The minimum absolute atomic E-state index is 0.790. The number of aromatic nitrogens is 2. The zero-order chi connectivity index (χ0) is 12.4. The van der Waals surface area contributed by atoms with Crippen molar-refractivity contribution in [3.8, 4) is 0 Å². The molecule has 0 bridgehead atoms. The van der Waals surface area contributed by atoms with Crippen LogP contribution in [0.1, 0.15) is 26.2 Å². The minimum atomic E-state index is 0.790. The van der Waals surface area contributed by atoms with E-state index in [1.165, 1.54) is 19.3 Å². The summed E-state index contributed by atoms with van der Waals surface area (Å²) in [6, 6.07) is 7.99. The number of anilines is 1. The van der Waals surface area contributed by atoms with Gasteiger partial charge in [-0.1, -0.05) is 31.9 Å². The van der Waals surface area contributed by atoms with E-state index >= 15 is 0 Å². The lowest BCUT2D eigenvalue weighted by Crippen LogP contribution is -2.17. The van der Waals surface area contributed by atoms with Gasteiger partial charge < -0.3 is 5.32 Å². The molecule has 1 N–H and O–H groups in total. The van der Waals surface area contributed by atoms with Crippen molar-refractivity contribution in [2.45, 2.75) is 26.2 Å². The van der Waals surface area contributed by atoms with Gasteiger partial charge >= 0.3 is 0 Å². The molecule has 3 rings (SSSR count). The molecule has 1 heterocycles. The smallest absolute Gasteiger partial charge is 0.145 e. The lowest BCUT2D eigenvalue weighted by molar-refractivity contribution is 0.439. The standard InChI is InChI=1S/C15H19N3/c1-11-5-4-6-12(11)9-17-15-10-16-13-7-2-3-8-14(13)18-15/h2-3,7-8,10-12H,4-6,9H2,1H3,(H,17,18). The maximum atomic E-state index is 4.59. The molecule has 1 aliphatic rings. The number of hydrogen-bond donors (Lipinski definition) is 1. The van der Waals surface area contributed by atoms with Crippen LogP contribution in [0.2, 0.25) is 0 Å². The summed E-state index contributed by atoms with van der Waals surface area (Å²) in [5.41, 5.74) is 1.92. The topological polar surface area (TPSA) is 37.8 Å². The largest absolute Gasteiger partial charge is 0.368 e. The molecule has 2 aromatic rings. The van der Waals surface area contributed by atoms with Crippen molar-refractivity contribution in [2.75, 3.05) is 11.9 Å². The molecule has 18 heavy (non-hydrogen) atoms. The van der Waals surface area contributed by atoms with E-state index in [0.29, 0.717) is 0 Å². The second-order valence-electron chi connectivity index (χ2n) is 5.29. The highest BCUT2D eigenvalue weighted by Gasteiger charge is 2.22. The molecule has 0 amide bonds. The molecule has 2 unspecified atom stereocenters. The van der Waals surface area contributed by atoms with Crippen molar-refractivity contribution in [3.05, 3.63) is 30.5 Å². The van der Waals surface area contributed by atoms with Gasteiger partial charge in [0.1, 0.15) is 5.82 Å². The monoisotopic (exact) mass is 241 g/mol. The quantitative estimate of drug-likeness (QED) is 0.894. The Hall–Kier alpha value is -1.64. The molecular formula is C15H19N3. The van der Waals surface area contributed by atoms with Crippen LogP contribution in [0.3, 0.4) is 0 Å². The van der Waals surface area contributed by atoms with Crippen LogP contribution in [0.4, 0.5) is 5.82 Å². The number of para-hydroxylation sites is 2. The lowest BCUT2D eigenvalue weighted by atomic mass is 9.98. The third-order valence-corrected chi connectivity index (χ3v) is 4.03.